The number of aryl methyl sites for hydroxylation is 1. The van der Waals surface area contributed by atoms with Crippen LogP contribution in [-0.2, 0) is 12.8 Å². The van der Waals surface area contributed by atoms with Gasteiger partial charge in [-0.3, -0.25) is 0 Å². The Balaban J connectivity index is 1.61. The summed E-state index contributed by atoms with van der Waals surface area (Å²) in [5, 5.41) is 3.85. The number of hydrogen-bond donors (Lipinski definition) is 1. The quantitative estimate of drug-likeness (QED) is 0.784. The molecule has 0 fully saturated rings. The van der Waals surface area contributed by atoms with Gasteiger partial charge in [0.2, 0.25) is 0 Å². The predicted octanol–water partition coefficient (Wildman–Crippen LogP) is 3.94. The van der Waals surface area contributed by atoms with Crippen molar-refractivity contribution in [2.75, 3.05) is 0 Å². The van der Waals surface area contributed by atoms with E-state index in [4.69, 9.17) is 10.3 Å². The van der Waals surface area contributed by atoms with E-state index < -0.39 is 11.6 Å². The van der Waals surface area contributed by atoms with Crippen LogP contribution in [0, 0.1) is 11.6 Å². The van der Waals surface area contributed by atoms with Crippen molar-refractivity contribution in [2.24, 2.45) is 5.73 Å². The van der Waals surface area contributed by atoms with E-state index in [0.717, 1.165) is 30.4 Å². The van der Waals surface area contributed by atoms with E-state index in [-0.39, 0.29) is 23.9 Å². The molecule has 1 aliphatic rings. The molecule has 0 aliphatic heterocycles. The first-order valence-corrected chi connectivity index (χ1v) is 8.26. The first-order valence-electron chi connectivity index (χ1n) is 8.26. The fourth-order valence-corrected chi connectivity index (χ4v) is 3.29. The fourth-order valence-electron chi connectivity index (χ4n) is 3.29. The highest BCUT2D eigenvalue weighted by Crippen LogP contribution is 2.31. The molecule has 2 N–H and O–H groups in total. The highest BCUT2D eigenvalue weighted by molar-refractivity contribution is 5.56. The summed E-state index contributed by atoms with van der Waals surface area (Å²) in [5.74, 6) is -0.648. The summed E-state index contributed by atoms with van der Waals surface area (Å²) < 4.78 is 32.8. The van der Waals surface area contributed by atoms with E-state index in [1.165, 1.54) is 23.8 Å². The minimum Gasteiger partial charge on any atom is -0.334 e. The first-order chi connectivity index (χ1) is 12.1. The van der Waals surface area contributed by atoms with Gasteiger partial charge in [0.05, 0.1) is 0 Å². The Bertz CT molecular complexity index is 903. The largest absolute Gasteiger partial charge is 0.334 e. The molecule has 1 atom stereocenters. The van der Waals surface area contributed by atoms with Crippen LogP contribution in [0.4, 0.5) is 8.78 Å². The number of aromatic nitrogens is 2. The Hall–Kier alpha value is -2.60. The molecule has 0 bridgehead atoms. The standard InChI is InChI=1S/C19H17F2N3O/c20-15-4-2-5-16(21)14(15)10-18-23-19(25-24-18)12-7-8-13-11(9-12)3-1-6-17(13)22/h2,4-5,7-9,17H,1,3,6,10,22H2. The normalized spacial score (nSPS) is 16.7. The van der Waals surface area contributed by atoms with Crippen molar-refractivity contribution in [1.29, 1.82) is 0 Å². The van der Waals surface area contributed by atoms with Gasteiger partial charge in [-0.25, -0.2) is 8.78 Å². The lowest BCUT2D eigenvalue weighted by molar-refractivity contribution is 0.423. The van der Waals surface area contributed by atoms with Crippen molar-refractivity contribution in [1.82, 2.24) is 10.1 Å². The van der Waals surface area contributed by atoms with E-state index in [0.29, 0.717) is 5.89 Å². The van der Waals surface area contributed by atoms with Crippen molar-refractivity contribution >= 4 is 0 Å². The summed E-state index contributed by atoms with van der Waals surface area (Å²) in [6.45, 7) is 0. The Labute approximate surface area is 143 Å². The molecule has 6 heteroatoms. The lowest BCUT2D eigenvalue weighted by Gasteiger charge is -2.22. The zero-order chi connectivity index (χ0) is 17.4. The number of nitrogens with zero attached hydrogens (tertiary/aromatic N) is 2. The molecule has 0 radical (unpaired) electrons. The maximum absolute atomic E-state index is 13.8. The third kappa shape index (κ3) is 3.05. The molecule has 0 saturated heterocycles. The highest BCUT2D eigenvalue weighted by atomic mass is 19.1. The van der Waals surface area contributed by atoms with Crippen molar-refractivity contribution in [3.05, 3.63) is 70.5 Å². The molecule has 2 aromatic carbocycles. The highest BCUT2D eigenvalue weighted by Gasteiger charge is 2.19. The van der Waals surface area contributed by atoms with Gasteiger partial charge in [0, 0.05) is 23.6 Å². The monoisotopic (exact) mass is 341 g/mol. The van der Waals surface area contributed by atoms with Crippen LogP contribution in [0.25, 0.3) is 11.5 Å². The van der Waals surface area contributed by atoms with Gasteiger partial charge in [0.25, 0.3) is 5.89 Å². The van der Waals surface area contributed by atoms with Gasteiger partial charge in [-0.05, 0) is 54.7 Å². The Morgan fingerprint density at radius 2 is 1.96 bits per heavy atom. The van der Waals surface area contributed by atoms with E-state index in [1.54, 1.807) is 0 Å². The number of fused-ring (bicyclic) bond motifs is 1. The van der Waals surface area contributed by atoms with Crippen LogP contribution in [0.3, 0.4) is 0 Å². The maximum Gasteiger partial charge on any atom is 0.257 e. The molecule has 4 nitrogen and oxygen atoms in total. The number of hydrogen-bond acceptors (Lipinski definition) is 4. The average Bonchev–Trinajstić information content (AvgIpc) is 3.07. The molecule has 1 aliphatic carbocycles. The van der Waals surface area contributed by atoms with Gasteiger partial charge in [0.1, 0.15) is 11.6 Å². The molecule has 0 amide bonds. The van der Waals surface area contributed by atoms with Crippen LogP contribution in [0.1, 0.15) is 41.4 Å². The van der Waals surface area contributed by atoms with Gasteiger partial charge in [0.15, 0.2) is 5.82 Å². The molecule has 1 heterocycles. The van der Waals surface area contributed by atoms with Crippen LogP contribution >= 0.6 is 0 Å². The summed E-state index contributed by atoms with van der Waals surface area (Å²) >= 11 is 0. The van der Waals surface area contributed by atoms with Gasteiger partial charge in [-0.15, -0.1) is 0 Å². The summed E-state index contributed by atoms with van der Waals surface area (Å²) in [6, 6.07) is 9.72. The predicted molar refractivity (Wildman–Crippen MR) is 88.8 cm³/mol. The lowest BCUT2D eigenvalue weighted by Crippen LogP contribution is -2.17. The molecular formula is C19H17F2N3O. The van der Waals surface area contributed by atoms with E-state index in [9.17, 15) is 8.78 Å². The van der Waals surface area contributed by atoms with Crippen molar-refractivity contribution in [3.8, 4) is 11.5 Å². The summed E-state index contributed by atoms with van der Waals surface area (Å²) in [5.41, 5.74) is 9.21. The fraction of sp³-hybridized carbons (Fsp3) is 0.263. The summed E-state index contributed by atoms with van der Waals surface area (Å²) in [6.07, 6.45) is 2.96. The molecular weight excluding hydrogens is 324 g/mol. The van der Waals surface area contributed by atoms with Crippen LogP contribution in [0.2, 0.25) is 0 Å². The number of nitrogens with two attached hydrogens (primary N) is 1. The number of rotatable bonds is 3. The van der Waals surface area contributed by atoms with Crippen LogP contribution < -0.4 is 5.73 Å². The van der Waals surface area contributed by atoms with Crippen molar-refractivity contribution < 1.29 is 13.3 Å². The van der Waals surface area contributed by atoms with E-state index >= 15 is 0 Å². The minimum absolute atomic E-state index is 0.0577. The SMILES string of the molecule is NC1CCCc2cc(-c3nc(Cc4c(F)cccc4F)no3)ccc21. The van der Waals surface area contributed by atoms with Gasteiger partial charge in [-0.1, -0.05) is 17.3 Å². The summed E-state index contributed by atoms with van der Waals surface area (Å²) in [4.78, 5) is 4.28. The van der Waals surface area contributed by atoms with Gasteiger partial charge >= 0.3 is 0 Å². The van der Waals surface area contributed by atoms with E-state index in [1.807, 2.05) is 18.2 Å². The van der Waals surface area contributed by atoms with Crippen LogP contribution in [-0.4, -0.2) is 10.1 Å². The van der Waals surface area contributed by atoms with Gasteiger partial charge < -0.3 is 10.3 Å². The average molecular weight is 341 g/mol. The molecule has 0 spiro atoms. The molecule has 128 valence electrons. The second kappa shape index (κ2) is 6.37. The smallest absolute Gasteiger partial charge is 0.257 e. The number of benzene rings is 2. The van der Waals surface area contributed by atoms with E-state index in [2.05, 4.69) is 10.1 Å². The second-order valence-corrected chi connectivity index (χ2v) is 6.31. The lowest BCUT2D eigenvalue weighted by atomic mass is 9.87. The Morgan fingerprint density at radius 3 is 2.76 bits per heavy atom. The zero-order valence-corrected chi connectivity index (χ0v) is 13.5. The topological polar surface area (TPSA) is 64.9 Å². The van der Waals surface area contributed by atoms with Crippen molar-refractivity contribution in [2.45, 2.75) is 31.7 Å². The third-order valence-corrected chi connectivity index (χ3v) is 4.62. The van der Waals surface area contributed by atoms with Gasteiger partial charge in [-0.2, -0.15) is 4.98 Å². The number of halogens is 2. The van der Waals surface area contributed by atoms with Crippen LogP contribution in [0.5, 0.6) is 0 Å². The minimum atomic E-state index is -0.617. The molecule has 3 aromatic rings. The molecule has 25 heavy (non-hydrogen) atoms. The first kappa shape index (κ1) is 15.9. The molecule has 1 unspecified atom stereocenters. The molecule has 0 saturated carbocycles. The maximum atomic E-state index is 13.8. The second-order valence-electron chi connectivity index (χ2n) is 6.31. The summed E-state index contributed by atoms with van der Waals surface area (Å²) in [7, 11) is 0. The third-order valence-electron chi connectivity index (χ3n) is 4.62. The molecule has 1 aromatic heterocycles. The molecule has 4 rings (SSSR count). The Kier molecular flexibility index (Phi) is 4.05. The van der Waals surface area contributed by atoms with Crippen LogP contribution in [0.15, 0.2) is 40.9 Å². The zero-order valence-electron chi connectivity index (χ0n) is 13.5. The van der Waals surface area contributed by atoms with Crippen molar-refractivity contribution in [3.63, 3.8) is 0 Å². The Morgan fingerprint density at radius 1 is 1.16 bits per heavy atom.